The van der Waals surface area contributed by atoms with Crippen molar-refractivity contribution < 1.29 is 4.79 Å². The molecule has 0 aromatic rings. The predicted molar refractivity (Wildman–Crippen MR) is 66.2 cm³/mol. The van der Waals surface area contributed by atoms with Gasteiger partial charge in [-0.2, -0.15) is 0 Å². The highest BCUT2D eigenvalue weighted by Crippen LogP contribution is 2.17. The second kappa shape index (κ2) is 6.86. The molecule has 1 aliphatic rings. The van der Waals surface area contributed by atoms with Crippen molar-refractivity contribution in [1.29, 1.82) is 0 Å². The van der Waals surface area contributed by atoms with E-state index in [1.54, 1.807) is 0 Å². The number of amides is 1. The Morgan fingerprint density at radius 2 is 2.38 bits per heavy atom. The standard InChI is InChI=1S/C12H25N3O/c1-3-8-15-9-4-5-11(15)12(16)14-7-6-10(2)13/h10-11H,3-9,13H2,1-2H3,(H,14,16). The molecule has 0 aromatic carbocycles. The Bertz CT molecular complexity index is 218. The summed E-state index contributed by atoms with van der Waals surface area (Å²) in [5, 5.41) is 2.98. The molecular weight excluding hydrogens is 202 g/mol. The highest BCUT2D eigenvalue weighted by Gasteiger charge is 2.29. The normalized spacial score (nSPS) is 23.3. The van der Waals surface area contributed by atoms with Crippen LogP contribution in [0.3, 0.4) is 0 Å². The summed E-state index contributed by atoms with van der Waals surface area (Å²) in [5.74, 6) is 0.187. The van der Waals surface area contributed by atoms with Gasteiger partial charge in [0.15, 0.2) is 0 Å². The van der Waals surface area contributed by atoms with E-state index in [0.29, 0.717) is 6.54 Å². The fourth-order valence-electron chi connectivity index (χ4n) is 2.22. The van der Waals surface area contributed by atoms with Gasteiger partial charge in [-0.15, -0.1) is 0 Å². The maximum absolute atomic E-state index is 11.9. The van der Waals surface area contributed by atoms with E-state index in [2.05, 4.69) is 17.1 Å². The fraction of sp³-hybridized carbons (Fsp3) is 0.917. The Hall–Kier alpha value is -0.610. The van der Waals surface area contributed by atoms with E-state index in [1.165, 1.54) is 0 Å². The zero-order chi connectivity index (χ0) is 12.0. The van der Waals surface area contributed by atoms with Crippen molar-refractivity contribution in [3.8, 4) is 0 Å². The van der Waals surface area contributed by atoms with Gasteiger partial charge in [-0.3, -0.25) is 9.69 Å². The van der Waals surface area contributed by atoms with Crippen LogP contribution in [0.2, 0.25) is 0 Å². The number of nitrogens with one attached hydrogen (secondary N) is 1. The molecule has 4 heteroatoms. The lowest BCUT2D eigenvalue weighted by Gasteiger charge is -2.23. The molecule has 3 N–H and O–H groups in total. The number of nitrogens with two attached hydrogens (primary N) is 1. The van der Waals surface area contributed by atoms with Crippen LogP contribution in [0.25, 0.3) is 0 Å². The lowest BCUT2D eigenvalue weighted by atomic mass is 10.2. The third-order valence-corrected chi connectivity index (χ3v) is 3.08. The SMILES string of the molecule is CCCN1CCCC1C(=O)NCCC(C)N. The van der Waals surface area contributed by atoms with Crippen molar-refractivity contribution in [3.05, 3.63) is 0 Å². The number of rotatable bonds is 6. The third kappa shape index (κ3) is 4.10. The number of carbonyl (C=O) groups is 1. The Morgan fingerprint density at radius 1 is 1.62 bits per heavy atom. The molecule has 0 aromatic heterocycles. The van der Waals surface area contributed by atoms with Crippen LogP contribution < -0.4 is 11.1 Å². The summed E-state index contributed by atoms with van der Waals surface area (Å²) in [4.78, 5) is 14.2. The highest BCUT2D eigenvalue weighted by atomic mass is 16.2. The lowest BCUT2D eigenvalue weighted by Crippen LogP contribution is -2.44. The van der Waals surface area contributed by atoms with E-state index in [-0.39, 0.29) is 18.0 Å². The van der Waals surface area contributed by atoms with Crippen LogP contribution in [0.1, 0.15) is 39.5 Å². The quantitative estimate of drug-likeness (QED) is 0.703. The first-order valence-corrected chi connectivity index (χ1v) is 6.42. The smallest absolute Gasteiger partial charge is 0.237 e. The molecule has 2 unspecified atom stereocenters. The summed E-state index contributed by atoms with van der Waals surface area (Å²) in [5.41, 5.74) is 5.65. The summed E-state index contributed by atoms with van der Waals surface area (Å²) in [6, 6.07) is 0.267. The third-order valence-electron chi connectivity index (χ3n) is 3.08. The topological polar surface area (TPSA) is 58.4 Å². The molecular formula is C12H25N3O. The predicted octanol–water partition coefficient (Wildman–Crippen LogP) is 0.714. The van der Waals surface area contributed by atoms with Crippen LogP contribution in [0.15, 0.2) is 0 Å². The molecule has 0 bridgehead atoms. The fourth-order valence-corrected chi connectivity index (χ4v) is 2.22. The lowest BCUT2D eigenvalue weighted by molar-refractivity contribution is -0.125. The molecule has 1 fully saturated rings. The minimum absolute atomic E-state index is 0.105. The molecule has 0 spiro atoms. The Balaban J connectivity index is 2.29. The maximum Gasteiger partial charge on any atom is 0.237 e. The molecule has 1 amide bonds. The summed E-state index contributed by atoms with van der Waals surface area (Å²) in [6.45, 7) is 6.92. The van der Waals surface area contributed by atoms with Gasteiger partial charge in [-0.05, 0) is 45.7 Å². The van der Waals surface area contributed by atoms with Crippen LogP contribution in [0.5, 0.6) is 0 Å². The molecule has 0 aliphatic carbocycles. The maximum atomic E-state index is 11.9. The van der Waals surface area contributed by atoms with Gasteiger partial charge < -0.3 is 11.1 Å². The Kier molecular flexibility index (Phi) is 5.77. The van der Waals surface area contributed by atoms with Crippen molar-refractivity contribution >= 4 is 5.91 Å². The first kappa shape index (κ1) is 13.5. The van der Waals surface area contributed by atoms with Gasteiger partial charge in [0.1, 0.15) is 0 Å². The molecule has 4 nitrogen and oxygen atoms in total. The van der Waals surface area contributed by atoms with Gasteiger partial charge >= 0.3 is 0 Å². The number of carbonyl (C=O) groups excluding carboxylic acids is 1. The van der Waals surface area contributed by atoms with Gasteiger partial charge in [0.25, 0.3) is 0 Å². The molecule has 16 heavy (non-hydrogen) atoms. The first-order chi connectivity index (χ1) is 7.65. The summed E-state index contributed by atoms with van der Waals surface area (Å²) in [6.07, 6.45) is 4.12. The van der Waals surface area contributed by atoms with E-state index in [4.69, 9.17) is 5.73 Å². The van der Waals surface area contributed by atoms with E-state index < -0.39 is 0 Å². The van der Waals surface area contributed by atoms with Crippen molar-refractivity contribution in [2.45, 2.75) is 51.6 Å². The largest absolute Gasteiger partial charge is 0.355 e. The average Bonchev–Trinajstić information content (AvgIpc) is 2.66. The molecule has 0 radical (unpaired) electrons. The molecule has 94 valence electrons. The highest BCUT2D eigenvalue weighted by molar-refractivity contribution is 5.82. The summed E-state index contributed by atoms with van der Waals surface area (Å²) >= 11 is 0. The Morgan fingerprint density at radius 3 is 3.00 bits per heavy atom. The van der Waals surface area contributed by atoms with E-state index >= 15 is 0 Å². The van der Waals surface area contributed by atoms with E-state index in [1.807, 2.05) is 6.92 Å². The molecule has 2 atom stereocenters. The summed E-state index contributed by atoms with van der Waals surface area (Å²) in [7, 11) is 0. The van der Waals surface area contributed by atoms with E-state index in [0.717, 1.165) is 38.8 Å². The van der Waals surface area contributed by atoms with Gasteiger partial charge in [-0.25, -0.2) is 0 Å². The zero-order valence-electron chi connectivity index (χ0n) is 10.5. The van der Waals surface area contributed by atoms with Crippen molar-refractivity contribution in [2.75, 3.05) is 19.6 Å². The molecule has 1 heterocycles. The van der Waals surface area contributed by atoms with Crippen LogP contribution in [0, 0.1) is 0 Å². The van der Waals surface area contributed by atoms with Gasteiger partial charge in [-0.1, -0.05) is 6.92 Å². The minimum Gasteiger partial charge on any atom is -0.355 e. The van der Waals surface area contributed by atoms with Gasteiger partial charge in [0.05, 0.1) is 6.04 Å². The summed E-state index contributed by atoms with van der Waals surface area (Å²) < 4.78 is 0. The van der Waals surface area contributed by atoms with Crippen LogP contribution >= 0.6 is 0 Å². The van der Waals surface area contributed by atoms with Crippen LogP contribution in [-0.4, -0.2) is 42.5 Å². The van der Waals surface area contributed by atoms with Gasteiger partial charge in [0.2, 0.25) is 5.91 Å². The number of hydrogen-bond acceptors (Lipinski definition) is 3. The number of likely N-dealkylation sites (tertiary alicyclic amines) is 1. The second-order valence-electron chi connectivity index (χ2n) is 4.75. The van der Waals surface area contributed by atoms with Crippen molar-refractivity contribution in [1.82, 2.24) is 10.2 Å². The number of nitrogens with zero attached hydrogens (tertiary/aromatic N) is 1. The second-order valence-corrected chi connectivity index (χ2v) is 4.75. The Labute approximate surface area is 98.6 Å². The average molecular weight is 227 g/mol. The molecule has 0 saturated carbocycles. The number of hydrogen-bond donors (Lipinski definition) is 2. The van der Waals surface area contributed by atoms with Crippen LogP contribution in [0.4, 0.5) is 0 Å². The van der Waals surface area contributed by atoms with Crippen molar-refractivity contribution in [3.63, 3.8) is 0 Å². The van der Waals surface area contributed by atoms with Crippen molar-refractivity contribution in [2.24, 2.45) is 5.73 Å². The zero-order valence-corrected chi connectivity index (χ0v) is 10.5. The first-order valence-electron chi connectivity index (χ1n) is 6.42. The molecule has 1 saturated heterocycles. The van der Waals surface area contributed by atoms with Gasteiger partial charge in [0, 0.05) is 12.6 Å². The monoisotopic (exact) mass is 227 g/mol. The van der Waals surface area contributed by atoms with Crippen LogP contribution in [-0.2, 0) is 4.79 Å². The van der Waals surface area contributed by atoms with E-state index in [9.17, 15) is 4.79 Å². The molecule has 1 aliphatic heterocycles. The molecule has 1 rings (SSSR count). The minimum atomic E-state index is 0.105.